The third kappa shape index (κ3) is 3.12. The number of phenolic OH excluding ortho intramolecular Hbond substituents is 1. The standard InChI is InChI=1S/C16H17BrFNO/c1-3-19(15-7-5-4-6-14(15)18)10-12-9-13(17)8-11(2)16(12)20/h4-9,20H,3,10H2,1-2H3. The van der Waals surface area contributed by atoms with Crippen LogP contribution in [0.25, 0.3) is 0 Å². The molecule has 4 heteroatoms. The van der Waals surface area contributed by atoms with Crippen molar-refractivity contribution in [2.75, 3.05) is 11.4 Å². The molecule has 0 spiro atoms. The average molecular weight is 338 g/mol. The van der Waals surface area contributed by atoms with Crippen LogP contribution in [-0.4, -0.2) is 11.7 Å². The van der Waals surface area contributed by atoms with Crippen LogP contribution in [0.4, 0.5) is 10.1 Å². The number of para-hydroxylation sites is 1. The molecule has 2 aromatic rings. The van der Waals surface area contributed by atoms with E-state index in [9.17, 15) is 9.50 Å². The van der Waals surface area contributed by atoms with Crippen LogP contribution < -0.4 is 4.90 Å². The normalized spacial score (nSPS) is 10.6. The van der Waals surface area contributed by atoms with Gasteiger partial charge in [-0.15, -0.1) is 0 Å². The van der Waals surface area contributed by atoms with Crippen LogP contribution >= 0.6 is 15.9 Å². The predicted molar refractivity (Wildman–Crippen MR) is 83.7 cm³/mol. The van der Waals surface area contributed by atoms with Crippen molar-refractivity contribution in [3.05, 3.63) is 57.8 Å². The number of halogens is 2. The number of aromatic hydroxyl groups is 1. The lowest BCUT2D eigenvalue weighted by molar-refractivity contribution is 0.462. The smallest absolute Gasteiger partial charge is 0.146 e. The van der Waals surface area contributed by atoms with E-state index in [1.807, 2.05) is 36.9 Å². The molecule has 0 amide bonds. The second-order valence-electron chi connectivity index (χ2n) is 4.70. The molecular weight excluding hydrogens is 321 g/mol. The fraction of sp³-hybridized carbons (Fsp3) is 0.250. The van der Waals surface area contributed by atoms with E-state index < -0.39 is 0 Å². The minimum atomic E-state index is -0.249. The SMILES string of the molecule is CCN(Cc1cc(Br)cc(C)c1O)c1ccccc1F. The first-order chi connectivity index (χ1) is 9.52. The summed E-state index contributed by atoms with van der Waals surface area (Å²) < 4.78 is 14.8. The molecule has 2 rings (SSSR count). The largest absolute Gasteiger partial charge is 0.507 e. The zero-order chi connectivity index (χ0) is 14.7. The number of phenols is 1. The number of aryl methyl sites for hydroxylation is 1. The maximum Gasteiger partial charge on any atom is 0.146 e. The van der Waals surface area contributed by atoms with Crippen molar-refractivity contribution in [2.24, 2.45) is 0 Å². The van der Waals surface area contributed by atoms with Gasteiger partial charge in [-0.3, -0.25) is 0 Å². The molecule has 20 heavy (non-hydrogen) atoms. The fourth-order valence-corrected chi connectivity index (χ4v) is 2.83. The first-order valence-corrected chi connectivity index (χ1v) is 7.29. The van der Waals surface area contributed by atoms with E-state index in [2.05, 4.69) is 15.9 Å². The quantitative estimate of drug-likeness (QED) is 0.879. The second kappa shape index (κ2) is 6.27. The van der Waals surface area contributed by atoms with Crippen LogP contribution in [0.3, 0.4) is 0 Å². The van der Waals surface area contributed by atoms with Gasteiger partial charge in [0.05, 0.1) is 5.69 Å². The molecule has 0 aliphatic rings. The number of anilines is 1. The van der Waals surface area contributed by atoms with Crippen molar-refractivity contribution in [3.8, 4) is 5.75 Å². The van der Waals surface area contributed by atoms with Gasteiger partial charge in [-0.1, -0.05) is 28.1 Å². The number of benzene rings is 2. The summed E-state index contributed by atoms with van der Waals surface area (Å²) >= 11 is 3.43. The molecule has 2 aromatic carbocycles. The molecule has 2 nitrogen and oxygen atoms in total. The van der Waals surface area contributed by atoms with E-state index in [0.29, 0.717) is 18.8 Å². The van der Waals surface area contributed by atoms with Gasteiger partial charge in [0.2, 0.25) is 0 Å². The van der Waals surface area contributed by atoms with E-state index in [1.54, 1.807) is 12.1 Å². The van der Waals surface area contributed by atoms with Crippen LogP contribution in [0.2, 0.25) is 0 Å². The maximum atomic E-state index is 13.9. The second-order valence-corrected chi connectivity index (χ2v) is 5.61. The van der Waals surface area contributed by atoms with E-state index in [0.717, 1.165) is 15.6 Å². The zero-order valence-corrected chi connectivity index (χ0v) is 13.1. The minimum Gasteiger partial charge on any atom is -0.507 e. The summed E-state index contributed by atoms with van der Waals surface area (Å²) in [6.07, 6.45) is 0. The third-order valence-corrected chi connectivity index (χ3v) is 3.74. The molecule has 106 valence electrons. The highest BCUT2D eigenvalue weighted by Gasteiger charge is 2.13. The maximum absolute atomic E-state index is 13.9. The van der Waals surface area contributed by atoms with Crippen LogP contribution in [0.5, 0.6) is 5.75 Å². The molecule has 0 saturated heterocycles. The highest BCUT2D eigenvalue weighted by molar-refractivity contribution is 9.10. The fourth-order valence-electron chi connectivity index (χ4n) is 2.21. The molecule has 0 aliphatic heterocycles. The van der Waals surface area contributed by atoms with Gasteiger partial charge in [-0.05, 0) is 43.7 Å². The van der Waals surface area contributed by atoms with Gasteiger partial charge in [0, 0.05) is 23.1 Å². The number of rotatable bonds is 4. The van der Waals surface area contributed by atoms with Gasteiger partial charge in [-0.2, -0.15) is 0 Å². The predicted octanol–water partition coefficient (Wildman–Crippen LogP) is 4.63. The lowest BCUT2D eigenvalue weighted by Crippen LogP contribution is -2.23. The number of hydrogen-bond acceptors (Lipinski definition) is 2. The molecule has 1 N–H and O–H groups in total. The van der Waals surface area contributed by atoms with Crippen LogP contribution in [0.15, 0.2) is 40.9 Å². The van der Waals surface area contributed by atoms with Crippen molar-refractivity contribution in [1.82, 2.24) is 0 Å². The minimum absolute atomic E-state index is 0.249. The van der Waals surface area contributed by atoms with E-state index in [-0.39, 0.29) is 11.6 Å². The van der Waals surface area contributed by atoms with E-state index in [1.165, 1.54) is 6.07 Å². The van der Waals surface area contributed by atoms with Crippen molar-refractivity contribution < 1.29 is 9.50 Å². The Morgan fingerprint density at radius 3 is 2.60 bits per heavy atom. The lowest BCUT2D eigenvalue weighted by Gasteiger charge is -2.24. The summed E-state index contributed by atoms with van der Waals surface area (Å²) in [6.45, 7) is 4.94. The first-order valence-electron chi connectivity index (χ1n) is 6.50. The first kappa shape index (κ1) is 14.9. The molecule has 0 aliphatic carbocycles. The van der Waals surface area contributed by atoms with Gasteiger partial charge < -0.3 is 10.0 Å². The monoisotopic (exact) mass is 337 g/mol. The van der Waals surface area contributed by atoms with Crippen LogP contribution in [0.1, 0.15) is 18.1 Å². The Morgan fingerprint density at radius 2 is 1.95 bits per heavy atom. The molecule has 0 unspecified atom stereocenters. The molecule has 0 atom stereocenters. The summed E-state index contributed by atoms with van der Waals surface area (Å²) in [7, 11) is 0. The Labute approximate surface area is 127 Å². The lowest BCUT2D eigenvalue weighted by atomic mass is 10.1. The summed E-state index contributed by atoms with van der Waals surface area (Å²) in [4.78, 5) is 1.90. The van der Waals surface area contributed by atoms with Crippen molar-refractivity contribution in [3.63, 3.8) is 0 Å². The molecule has 0 radical (unpaired) electrons. The van der Waals surface area contributed by atoms with Gasteiger partial charge in [0.25, 0.3) is 0 Å². The third-order valence-electron chi connectivity index (χ3n) is 3.28. The Morgan fingerprint density at radius 1 is 1.25 bits per heavy atom. The summed E-state index contributed by atoms with van der Waals surface area (Å²) in [5.74, 6) is 0.0172. The van der Waals surface area contributed by atoms with Crippen molar-refractivity contribution in [1.29, 1.82) is 0 Å². The molecule has 0 heterocycles. The Kier molecular flexibility index (Phi) is 4.65. The number of nitrogens with zero attached hydrogens (tertiary/aromatic N) is 1. The molecule has 0 aromatic heterocycles. The summed E-state index contributed by atoms with van der Waals surface area (Å²) in [6, 6.07) is 10.4. The Balaban J connectivity index is 2.34. The van der Waals surface area contributed by atoms with Gasteiger partial charge in [0.15, 0.2) is 0 Å². The highest BCUT2D eigenvalue weighted by Crippen LogP contribution is 2.29. The molecular formula is C16H17BrFNO. The average Bonchev–Trinajstić information content (AvgIpc) is 2.42. The molecule has 0 bridgehead atoms. The van der Waals surface area contributed by atoms with Crippen molar-refractivity contribution in [2.45, 2.75) is 20.4 Å². The molecule has 0 saturated carbocycles. The zero-order valence-electron chi connectivity index (χ0n) is 11.5. The van der Waals surface area contributed by atoms with Gasteiger partial charge in [-0.25, -0.2) is 4.39 Å². The van der Waals surface area contributed by atoms with Gasteiger partial charge >= 0.3 is 0 Å². The summed E-state index contributed by atoms with van der Waals surface area (Å²) in [5.41, 5.74) is 2.13. The highest BCUT2D eigenvalue weighted by atomic mass is 79.9. The molecule has 0 fully saturated rings. The summed E-state index contributed by atoms with van der Waals surface area (Å²) in [5, 5.41) is 10.1. The topological polar surface area (TPSA) is 23.5 Å². The Hall–Kier alpha value is -1.55. The van der Waals surface area contributed by atoms with Crippen LogP contribution in [-0.2, 0) is 6.54 Å². The number of hydrogen-bond donors (Lipinski definition) is 1. The van der Waals surface area contributed by atoms with Crippen LogP contribution in [0, 0.1) is 12.7 Å². The Bertz CT molecular complexity index is 615. The van der Waals surface area contributed by atoms with Gasteiger partial charge in [0.1, 0.15) is 11.6 Å². The van der Waals surface area contributed by atoms with Crippen molar-refractivity contribution >= 4 is 21.6 Å². The van der Waals surface area contributed by atoms with E-state index >= 15 is 0 Å². The van der Waals surface area contributed by atoms with E-state index in [4.69, 9.17) is 0 Å².